The van der Waals surface area contributed by atoms with Crippen molar-refractivity contribution in [2.24, 2.45) is 16.5 Å². The SMILES string of the molecule is NC(N)=NCCC[C@@H]1NC(=O)[C@@H](Cc2ccccc2)NC(=O)[C@@H](NC(=O)c2ccccc2)COCC=CCOC[C@@H](C(=O)Nc2cccc3ccccc23)NC1=O. The predicted octanol–water partition coefficient (Wildman–Crippen LogP) is 1.93. The van der Waals surface area contributed by atoms with Crippen molar-refractivity contribution in [3.63, 3.8) is 0 Å². The number of aliphatic imine (C=N–C) groups is 1. The molecule has 0 radical (unpaired) electrons. The second-order valence-electron chi connectivity index (χ2n) is 13.3. The van der Waals surface area contributed by atoms with Crippen LogP contribution in [0.15, 0.2) is 120 Å². The van der Waals surface area contributed by atoms with E-state index in [4.69, 9.17) is 20.9 Å². The summed E-state index contributed by atoms with van der Waals surface area (Å²) in [6.45, 7) is -0.142. The number of guanidine groups is 1. The first-order chi connectivity index (χ1) is 27.7. The molecule has 5 amide bonds. The summed E-state index contributed by atoms with van der Waals surface area (Å²) in [6, 6.07) is 25.7. The Balaban J connectivity index is 1.43. The fourth-order valence-corrected chi connectivity index (χ4v) is 6.04. The highest BCUT2D eigenvalue weighted by atomic mass is 16.5. The zero-order chi connectivity index (χ0) is 40.4. The fourth-order valence-electron chi connectivity index (χ4n) is 6.04. The van der Waals surface area contributed by atoms with Gasteiger partial charge in [0.1, 0.15) is 24.2 Å². The van der Waals surface area contributed by atoms with Gasteiger partial charge in [-0.15, -0.1) is 0 Å². The van der Waals surface area contributed by atoms with Crippen molar-refractivity contribution >= 4 is 52.0 Å². The summed E-state index contributed by atoms with van der Waals surface area (Å²) < 4.78 is 11.6. The van der Waals surface area contributed by atoms with E-state index in [1.165, 1.54) is 0 Å². The number of nitrogens with two attached hydrogens (primary N) is 2. The Kier molecular flexibility index (Phi) is 15.7. The standard InChI is InChI=1S/C42H48N8O7/c43-42(44)45-22-12-21-33-38(52)50-36(40(54)46-32-20-11-18-29-15-7-8-19-31(29)32)27-57-24-10-9-23-56-26-35(49-37(51)30-16-5-2-6-17-30)41(55)48-34(39(53)47-33)25-28-13-3-1-4-14-28/h1-11,13-20,33-36H,12,21-27H2,(H,46,54)(H,47,53)(H,48,55)(H,49,51)(H,50,52)(H4,43,44,45)/t33-,34+,35-,36-/m0/s1. The Hall–Kier alpha value is -6.58. The molecule has 0 spiro atoms. The molecular formula is C42H48N8O7. The van der Waals surface area contributed by atoms with Gasteiger partial charge in [0.25, 0.3) is 5.91 Å². The average Bonchev–Trinajstić information content (AvgIpc) is 3.21. The molecule has 4 aromatic carbocycles. The molecule has 57 heavy (non-hydrogen) atoms. The van der Waals surface area contributed by atoms with E-state index >= 15 is 0 Å². The number of rotatable bonds is 10. The highest BCUT2D eigenvalue weighted by Gasteiger charge is 2.32. The van der Waals surface area contributed by atoms with E-state index < -0.39 is 53.7 Å². The third-order valence-electron chi connectivity index (χ3n) is 9.00. The van der Waals surface area contributed by atoms with Crippen molar-refractivity contribution in [3.05, 3.63) is 126 Å². The van der Waals surface area contributed by atoms with Gasteiger partial charge in [0.15, 0.2) is 5.96 Å². The highest BCUT2D eigenvalue weighted by molar-refractivity contribution is 6.05. The van der Waals surface area contributed by atoms with Crippen molar-refractivity contribution in [3.8, 4) is 0 Å². The number of hydrogen-bond acceptors (Lipinski definition) is 8. The Morgan fingerprint density at radius 1 is 0.719 bits per heavy atom. The number of carbonyl (C=O) groups is 5. The maximum Gasteiger partial charge on any atom is 0.251 e. The van der Waals surface area contributed by atoms with Crippen LogP contribution in [0.5, 0.6) is 0 Å². The lowest BCUT2D eigenvalue weighted by atomic mass is 10.0. The molecule has 0 aliphatic carbocycles. The van der Waals surface area contributed by atoms with Crippen LogP contribution in [0.4, 0.5) is 5.69 Å². The Labute approximate surface area is 330 Å². The number of anilines is 1. The summed E-state index contributed by atoms with van der Waals surface area (Å²) in [5, 5.41) is 15.7. The molecule has 15 nitrogen and oxygen atoms in total. The molecular weight excluding hydrogens is 729 g/mol. The molecule has 0 saturated heterocycles. The number of amides is 5. The molecule has 0 bridgehead atoms. The van der Waals surface area contributed by atoms with E-state index in [0.29, 0.717) is 11.3 Å². The van der Waals surface area contributed by atoms with Gasteiger partial charge in [-0.1, -0.05) is 97.1 Å². The van der Waals surface area contributed by atoms with Gasteiger partial charge in [0, 0.05) is 29.6 Å². The molecule has 0 unspecified atom stereocenters. The zero-order valence-electron chi connectivity index (χ0n) is 31.4. The molecule has 0 aromatic heterocycles. The van der Waals surface area contributed by atoms with Gasteiger partial charge in [-0.3, -0.25) is 29.0 Å². The van der Waals surface area contributed by atoms with E-state index in [0.717, 1.165) is 16.3 Å². The van der Waals surface area contributed by atoms with Crippen LogP contribution in [0.25, 0.3) is 10.8 Å². The van der Waals surface area contributed by atoms with Gasteiger partial charge in [0.05, 0.1) is 26.4 Å². The van der Waals surface area contributed by atoms with Crippen LogP contribution in [0.2, 0.25) is 0 Å². The average molecular weight is 777 g/mol. The van der Waals surface area contributed by atoms with Crippen molar-refractivity contribution in [2.45, 2.75) is 43.4 Å². The van der Waals surface area contributed by atoms with Gasteiger partial charge in [0.2, 0.25) is 23.6 Å². The first-order valence-corrected chi connectivity index (χ1v) is 18.6. The molecule has 4 atom stereocenters. The lowest BCUT2D eigenvalue weighted by Crippen LogP contribution is -2.59. The van der Waals surface area contributed by atoms with E-state index in [1.807, 2.05) is 42.5 Å². The van der Waals surface area contributed by atoms with Gasteiger partial charge in [-0.2, -0.15) is 0 Å². The number of nitrogens with zero attached hydrogens (tertiary/aromatic N) is 1. The van der Waals surface area contributed by atoms with Crippen molar-refractivity contribution in [2.75, 3.05) is 38.3 Å². The van der Waals surface area contributed by atoms with E-state index in [2.05, 4.69) is 31.6 Å². The number of fused-ring (bicyclic) bond motifs is 1. The van der Waals surface area contributed by atoms with E-state index in [-0.39, 0.29) is 58.2 Å². The Morgan fingerprint density at radius 3 is 2.09 bits per heavy atom. The van der Waals surface area contributed by atoms with Crippen LogP contribution >= 0.6 is 0 Å². The van der Waals surface area contributed by atoms with Crippen LogP contribution in [0, 0.1) is 0 Å². The van der Waals surface area contributed by atoms with Crippen molar-refractivity contribution < 1.29 is 33.4 Å². The van der Waals surface area contributed by atoms with Crippen LogP contribution in [0.3, 0.4) is 0 Å². The van der Waals surface area contributed by atoms with E-state index in [1.54, 1.807) is 72.8 Å². The van der Waals surface area contributed by atoms with Gasteiger partial charge in [-0.25, -0.2) is 0 Å². The minimum Gasteiger partial charge on any atom is -0.375 e. The normalized spacial score (nSPS) is 19.8. The fraction of sp³-hybridized carbons (Fsp3) is 0.286. The Morgan fingerprint density at radius 2 is 1.35 bits per heavy atom. The first kappa shape index (κ1) is 41.6. The molecule has 1 heterocycles. The maximum atomic E-state index is 14.2. The summed E-state index contributed by atoms with van der Waals surface area (Å²) >= 11 is 0. The largest absolute Gasteiger partial charge is 0.375 e. The summed E-state index contributed by atoms with van der Waals surface area (Å²) in [6.07, 6.45) is 3.74. The molecule has 1 aliphatic rings. The number of ether oxygens (including phenoxy) is 2. The highest BCUT2D eigenvalue weighted by Crippen LogP contribution is 2.23. The molecule has 4 aromatic rings. The van der Waals surface area contributed by atoms with Crippen molar-refractivity contribution in [1.82, 2.24) is 21.3 Å². The lowest BCUT2D eigenvalue weighted by Gasteiger charge is -2.27. The monoisotopic (exact) mass is 776 g/mol. The molecule has 9 N–H and O–H groups in total. The predicted molar refractivity (Wildman–Crippen MR) is 217 cm³/mol. The van der Waals surface area contributed by atoms with Gasteiger partial charge in [-0.05, 0) is 42.0 Å². The number of hydrogen-bond donors (Lipinski definition) is 7. The second-order valence-corrected chi connectivity index (χ2v) is 13.3. The zero-order valence-corrected chi connectivity index (χ0v) is 31.4. The Bertz CT molecular complexity index is 2030. The second kappa shape index (κ2) is 21.5. The lowest BCUT2D eigenvalue weighted by molar-refractivity contribution is -0.134. The first-order valence-electron chi connectivity index (χ1n) is 18.6. The van der Waals surface area contributed by atoms with E-state index in [9.17, 15) is 24.0 Å². The summed E-state index contributed by atoms with van der Waals surface area (Å²) in [4.78, 5) is 73.1. The summed E-state index contributed by atoms with van der Waals surface area (Å²) in [7, 11) is 0. The van der Waals surface area contributed by atoms with Gasteiger partial charge < -0.3 is 47.5 Å². The number of benzene rings is 4. The molecule has 15 heteroatoms. The number of nitrogens with one attached hydrogen (secondary N) is 5. The van der Waals surface area contributed by atoms with Crippen LogP contribution in [-0.2, 0) is 35.1 Å². The van der Waals surface area contributed by atoms with Crippen LogP contribution < -0.4 is 38.1 Å². The molecule has 1 aliphatic heterocycles. The summed E-state index contributed by atoms with van der Waals surface area (Å²) in [5.74, 6) is -3.20. The van der Waals surface area contributed by atoms with Crippen LogP contribution in [0.1, 0.15) is 28.8 Å². The molecule has 0 fully saturated rings. The third-order valence-corrected chi connectivity index (χ3v) is 9.00. The minimum atomic E-state index is -1.20. The maximum absolute atomic E-state index is 14.2. The smallest absolute Gasteiger partial charge is 0.251 e. The summed E-state index contributed by atoms with van der Waals surface area (Å²) in [5.41, 5.74) is 12.6. The quantitative estimate of drug-likeness (QED) is 0.0540. The topological polar surface area (TPSA) is 228 Å². The third kappa shape index (κ3) is 13.0. The molecule has 5 rings (SSSR count). The molecule has 298 valence electrons. The number of carbonyl (C=O) groups excluding carboxylic acids is 5. The van der Waals surface area contributed by atoms with Crippen LogP contribution in [-0.4, -0.2) is 92.6 Å². The van der Waals surface area contributed by atoms with Gasteiger partial charge >= 0.3 is 0 Å². The molecule has 0 saturated carbocycles. The van der Waals surface area contributed by atoms with Crippen molar-refractivity contribution in [1.29, 1.82) is 0 Å². The minimum absolute atomic E-state index is 0.0492.